The van der Waals surface area contributed by atoms with Crippen LogP contribution in [0.1, 0.15) is 24.0 Å². The first-order valence-corrected chi connectivity index (χ1v) is 6.12. The fraction of sp³-hybridized carbons (Fsp3) is 0.364. The number of hydrogen-bond acceptors (Lipinski definition) is 2. The number of benzene rings is 1. The molecular formula is C11H11BrF3N3. The van der Waals surface area contributed by atoms with Crippen molar-refractivity contribution in [1.82, 2.24) is 5.43 Å². The monoisotopic (exact) mass is 321 g/mol. The predicted octanol–water partition coefficient (Wildman–Crippen LogP) is 2.84. The van der Waals surface area contributed by atoms with Gasteiger partial charge >= 0.3 is 6.18 Å². The number of aliphatic imine (C=N–C) groups is 1. The van der Waals surface area contributed by atoms with E-state index in [1.54, 1.807) is 6.07 Å². The van der Waals surface area contributed by atoms with Gasteiger partial charge in [-0.2, -0.15) is 13.2 Å². The molecule has 1 aromatic carbocycles. The highest BCUT2D eigenvalue weighted by Crippen LogP contribution is 2.35. The number of amidine groups is 1. The maximum atomic E-state index is 12.7. The Morgan fingerprint density at radius 3 is 2.56 bits per heavy atom. The lowest BCUT2D eigenvalue weighted by Crippen LogP contribution is -2.31. The van der Waals surface area contributed by atoms with Gasteiger partial charge in [0, 0.05) is 10.0 Å². The van der Waals surface area contributed by atoms with Gasteiger partial charge in [-0.1, -0.05) is 22.0 Å². The third kappa shape index (κ3) is 3.02. The Hall–Kier alpha value is -1.08. The van der Waals surface area contributed by atoms with Crippen molar-refractivity contribution in [1.29, 1.82) is 0 Å². The van der Waals surface area contributed by atoms with Gasteiger partial charge in [0.15, 0.2) is 0 Å². The number of rotatable bonds is 2. The molecule has 1 fully saturated rings. The van der Waals surface area contributed by atoms with Gasteiger partial charge in [-0.05, 0) is 25.0 Å². The van der Waals surface area contributed by atoms with Crippen LogP contribution < -0.4 is 11.3 Å². The Morgan fingerprint density at radius 1 is 1.39 bits per heavy atom. The van der Waals surface area contributed by atoms with Crippen molar-refractivity contribution in [2.75, 3.05) is 0 Å². The van der Waals surface area contributed by atoms with E-state index < -0.39 is 11.7 Å². The van der Waals surface area contributed by atoms with Gasteiger partial charge in [0.25, 0.3) is 0 Å². The van der Waals surface area contributed by atoms with Crippen molar-refractivity contribution in [3.8, 4) is 0 Å². The molecule has 0 bridgehead atoms. The van der Waals surface area contributed by atoms with Crippen molar-refractivity contribution >= 4 is 21.8 Å². The summed E-state index contributed by atoms with van der Waals surface area (Å²) in [7, 11) is 0. The van der Waals surface area contributed by atoms with Crippen molar-refractivity contribution in [3.05, 3.63) is 33.8 Å². The minimum atomic E-state index is -4.41. The molecule has 0 amide bonds. The van der Waals surface area contributed by atoms with E-state index in [1.165, 1.54) is 6.07 Å². The van der Waals surface area contributed by atoms with Gasteiger partial charge in [-0.15, -0.1) is 0 Å². The molecule has 3 nitrogen and oxygen atoms in total. The second kappa shape index (κ2) is 4.89. The van der Waals surface area contributed by atoms with Crippen LogP contribution in [0.15, 0.2) is 27.7 Å². The SMILES string of the molecule is NNC(=NC1CC1)c1ccc(Br)c(C(F)(F)F)c1. The topological polar surface area (TPSA) is 50.4 Å². The predicted molar refractivity (Wildman–Crippen MR) is 66.0 cm³/mol. The standard InChI is InChI=1S/C11H11BrF3N3/c12-9-4-1-6(5-8(9)11(13,14)15)10(18-16)17-7-2-3-7/h1,4-5,7H,2-3,16H2,(H,17,18). The molecule has 1 aliphatic carbocycles. The van der Waals surface area contributed by atoms with E-state index in [0.29, 0.717) is 5.56 Å². The van der Waals surface area contributed by atoms with Gasteiger partial charge in [-0.3, -0.25) is 4.99 Å². The summed E-state index contributed by atoms with van der Waals surface area (Å²) in [6.45, 7) is 0. The van der Waals surface area contributed by atoms with Crippen molar-refractivity contribution in [3.63, 3.8) is 0 Å². The molecule has 0 heterocycles. The highest BCUT2D eigenvalue weighted by atomic mass is 79.9. The molecule has 1 aliphatic rings. The molecule has 0 radical (unpaired) electrons. The molecule has 1 saturated carbocycles. The van der Waals surface area contributed by atoms with Crippen molar-refractivity contribution in [2.45, 2.75) is 25.1 Å². The molecule has 2 rings (SSSR count). The first kappa shape index (κ1) is 13.4. The Bertz CT molecular complexity index is 481. The molecule has 0 saturated heterocycles. The molecule has 1 aromatic rings. The lowest BCUT2D eigenvalue weighted by molar-refractivity contribution is -0.138. The molecule has 0 aromatic heterocycles. The Morgan fingerprint density at radius 2 is 2.06 bits per heavy atom. The smallest absolute Gasteiger partial charge is 0.308 e. The molecule has 98 valence electrons. The molecule has 18 heavy (non-hydrogen) atoms. The zero-order valence-corrected chi connectivity index (χ0v) is 10.8. The van der Waals surface area contributed by atoms with Crippen LogP contribution in [0, 0.1) is 0 Å². The minimum Gasteiger partial charge on any atom is -0.308 e. The maximum Gasteiger partial charge on any atom is 0.417 e. The zero-order valence-electron chi connectivity index (χ0n) is 9.26. The average molecular weight is 322 g/mol. The van der Waals surface area contributed by atoms with E-state index in [0.717, 1.165) is 18.9 Å². The fourth-order valence-electron chi connectivity index (χ4n) is 1.47. The summed E-state index contributed by atoms with van der Waals surface area (Å²) in [5.41, 5.74) is 1.95. The van der Waals surface area contributed by atoms with Crippen LogP contribution in [-0.4, -0.2) is 11.9 Å². The van der Waals surface area contributed by atoms with Gasteiger partial charge in [-0.25, -0.2) is 5.84 Å². The average Bonchev–Trinajstić information content (AvgIpc) is 3.09. The largest absolute Gasteiger partial charge is 0.417 e. The Balaban J connectivity index is 2.39. The van der Waals surface area contributed by atoms with Crippen LogP contribution >= 0.6 is 15.9 Å². The van der Waals surface area contributed by atoms with Gasteiger partial charge in [0.2, 0.25) is 0 Å². The molecule has 3 N–H and O–H groups in total. The second-order valence-electron chi connectivity index (χ2n) is 4.05. The molecule has 0 atom stereocenters. The maximum absolute atomic E-state index is 12.7. The van der Waals surface area contributed by atoms with Crippen LogP contribution in [0.3, 0.4) is 0 Å². The minimum absolute atomic E-state index is 0.00143. The quantitative estimate of drug-likeness (QED) is 0.381. The lowest BCUT2D eigenvalue weighted by Gasteiger charge is -2.12. The van der Waals surface area contributed by atoms with Gasteiger partial charge < -0.3 is 5.43 Å². The molecule has 0 aliphatic heterocycles. The summed E-state index contributed by atoms with van der Waals surface area (Å²) in [4.78, 5) is 4.23. The lowest BCUT2D eigenvalue weighted by atomic mass is 10.1. The van der Waals surface area contributed by atoms with Crippen LogP contribution in [0.25, 0.3) is 0 Å². The molecule has 7 heteroatoms. The third-order valence-corrected chi connectivity index (χ3v) is 3.23. The van der Waals surface area contributed by atoms with E-state index in [9.17, 15) is 13.2 Å². The Labute approximate surface area is 110 Å². The summed E-state index contributed by atoms with van der Waals surface area (Å²) in [5, 5.41) is 0. The van der Waals surface area contributed by atoms with E-state index in [4.69, 9.17) is 5.84 Å². The summed E-state index contributed by atoms with van der Waals surface area (Å²) in [6.07, 6.45) is -2.50. The third-order valence-electron chi connectivity index (χ3n) is 2.54. The molecule has 0 unspecified atom stereocenters. The van der Waals surface area contributed by atoms with Crippen molar-refractivity contribution < 1.29 is 13.2 Å². The molecule has 0 spiro atoms. The van der Waals surface area contributed by atoms with E-state index >= 15 is 0 Å². The highest BCUT2D eigenvalue weighted by Gasteiger charge is 2.33. The Kier molecular flexibility index (Phi) is 3.63. The summed E-state index contributed by atoms with van der Waals surface area (Å²) < 4.78 is 38.2. The van der Waals surface area contributed by atoms with Crippen molar-refractivity contribution in [2.24, 2.45) is 10.8 Å². The van der Waals surface area contributed by atoms with Crippen LogP contribution in [0.2, 0.25) is 0 Å². The van der Waals surface area contributed by atoms with Gasteiger partial charge in [0.1, 0.15) is 5.84 Å². The normalized spacial score (nSPS) is 16.8. The highest BCUT2D eigenvalue weighted by molar-refractivity contribution is 9.10. The summed E-state index contributed by atoms with van der Waals surface area (Å²) in [5.74, 6) is 5.59. The number of nitrogens with one attached hydrogen (secondary N) is 1. The van der Waals surface area contributed by atoms with E-state index in [-0.39, 0.29) is 16.4 Å². The first-order valence-electron chi connectivity index (χ1n) is 5.33. The van der Waals surface area contributed by atoms with E-state index in [1.807, 2.05) is 0 Å². The number of alkyl halides is 3. The first-order chi connectivity index (χ1) is 8.41. The number of halogens is 4. The summed E-state index contributed by atoms with van der Waals surface area (Å²) >= 11 is 2.89. The van der Waals surface area contributed by atoms with Crippen LogP contribution in [0.5, 0.6) is 0 Å². The number of nitrogens with zero attached hydrogens (tertiary/aromatic N) is 1. The van der Waals surface area contributed by atoms with Crippen LogP contribution in [-0.2, 0) is 6.18 Å². The number of hydrazine groups is 1. The number of hydrogen-bond donors (Lipinski definition) is 2. The molecular weight excluding hydrogens is 311 g/mol. The van der Waals surface area contributed by atoms with Gasteiger partial charge in [0.05, 0.1) is 11.6 Å². The number of nitrogens with two attached hydrogens (primary N) is 1. The second-order valence-corrected chi connectivity index (χ2v) is 4.90. The van der Waals surface area contributed by atoms with E-state index in [2.05, 4.69) is 26.3 Å². The van der Waals surface area contributed by atoms with Crippen LogP contribution in [0.4, 0.5) is 13.2 Å². The zero-order chi connectivity index (χ0) is 13.3. The fourth-order valence-corrected chi connectivity index (χ4v) is 1.94. The summed E-state index contributed by atoms with van der Waals surface area (Å²) in [6, 6.07) is 4.10.